The van der Waals surface area contributed by atoms with E-state index in [9.17, 15) is 10.1 Å². The topological polar surface area (TPSA) is 110 Å². The van der Waals surface area contributed by atoms with Crippen molar-refractivity contribution in [2.45, 2.75) is 38.5 Å². The van der Waals surface area contributed by atoms with Gasteiger partial charge in [0.05, 0.1) is 4.92 Å². The third-order valence-corrected chi connectivity index (χ3v) is 3.87. The van der Waals surface area contributed by atoms with Crippen LogP contribution in [0.25, 0.3) is 0 Å². The van der Waals surface area contributed by atoms with E-state index in [4.69, 9.17) is 15.9 Å². The van der Waals surface area contributed by atoms with E-state index in [0.29, 0.717) is 0 Å². The summed E-state index contributed by atoms with van der Waals surface area (Å²) in [5.74, 6) is 0. The molecule has 0 aliphatic rings. The van der Waals surface area contributed by atoms with Crippen molar-refractivity contribution in [3.8, 4) is 0 Å². The molecular weight excluding hydrogens is 332 g/mol. The van der Waals surface area contributed by atoms with Crippen molar-refractivity contribution < 1.29 is 15.1 Å². The van der Waals surface area contributed by atoms with E-state index >= 15 is 0 Å². The summed E-state index contributed by atoms with van der Waals surface area (Å²) in [6, 6.07) is 14.4. The Hall–Kier alpha value is -2.44. The van der Waals surface area contributed by atoms with Crippen LogP contribution in [0, 0.1) is 10.1 Å². The first-order chi connectivity index (χ1) is 12.6. The highest BCUT2D eigenvalue weighted by Crippen LogP contribution is 2.13. The molecule has 0 radical (unpaired) electrons. The first-order valence-electron chi connectivity index (χ1n) is 8.86. The lowest BCUT2D eigenvalue weighted by molar-refractivity contribution is -0.384. The van der Waals surface area contributed by atoms with Gasteiger partial charge in [-0.25, -0.2) is 0 Å². The van der Waals surface area contributed by atoms with Gasteiger partial charge in [0.25, 0.3) is 5.69 Å². The van der Waals surface area contributed by atoms with Crippen LogP contribution in [0.1, 0.15) is 36.8 Å². The highest BCUT2D eigenvalue weighted by Gasteiger charge is 2.03. The fraction of sp³-hybridized carbons (Fsp3) is 0.400. The Kier molecular flexibility index (Phi) is 10.7. The summed E-state index contributed by atoms with van der Waals surface area (Å²) in [6.45, 7) is 0.488. The number of benzene rings is 2. The van der Waals surface area contributed by atoms with Gasteiger partial charge in [-0.3, -0.25) is 10.1 Å². The second-order valence-electron chi connectivity index (χ2n) is 6.03. The molecule has 0 saturated heterocycles. The molecule has 0 heterocycles. The molecule has 2 rings (SSSR count). The predicted molar refractivity (Wildman–Crippen MR) is 104 cm³/mol. The number of nitrogen functional groups attached to an aromatic ring is 1. The number of nitrogens with two attached hydrogens (primary N) is 1. The van der Waals surface area contributed by atoms with Crippen LogP contribution in [0.15, 0.2) is 48.5 Å². The van der Waals surface area contributed by atoms with Crippen molar-refractivity contribution >= 4 is 11.4 Å². The first kappa shape index (κ1) is 21.6. The zero-order valence-electron chi connectivity index (χ0n) is 15.0. The second-order valence-corrected chi connectivity index (χ2v) is 6.03. The predicted octanol–water partition coefficient (Wildman–Crippen LogP) is 3.49. The summed E-state index contributed by atoms with van der Waals surface area (Å²) in [6.07, 6.45) is 5.50. The maximum atomic E-state index is 10.3. The molecule has 4 N–H and O–H groups in total. The largest absolute Gasteiger partial charge is 0.399 e. The molecule has 6 nitrogen and oxygen atoms in total. The van der Waals surface area contributed by atoms with Crippen molar-refractivity contribution in [2.24, 2.45) is 0 Å². The summed E-state index contributed by atoms with van der Waals surface area (Å²) in [7, 11) is 0. The minimum Gasteiger partial charge on any atom is -0.399 e. The maximum Gasteiger partial charge on any atom is 0.269 e. The number of aryl methyl sites for hydroxylation is 2. The highest BCUT2D eigenvalue weighted by atomic mass is 16.6. The Morgan fingerprint density at radius 1 is 0.769 bits per heavy atom. The summed E-state index contributed by atoms with van der Waals surface area (Å²) >= 11 is 0. The third kappa shape index (κ3) is 9.15. The van der Waals surface area contributed by atoms with Gasteiger partial charge < -0.3 is 15.9 Å². The Balaban J connectivity index is 0.000000263. The number of hydrogen-bond donors (Lipinski definition) is 3. The van der Waals surface area contributed by atoms with Crippen LogP contribution >= 0.6 is 0 Å². The van der Waals surface area contributed by atoms with Gasteiger partial charge in [-0.2, -0.15) is 0 Å². The van der Waals surface area contributed by atoms with Crippen LogP contribution in [0.4, 0.5) is 11.4 Å². The number of hydrogen-bond acceptors (Lipinski definition) is 5. The zero-order chi connectivity index (χ0) is 19.2. The van der Waals surface area contributed by atoms with Crippen LogP contribution < -0.4 is 5.73 Å². The van der Waals surface area contributed by atoms with E-state index in [2.05, 4.69) is 0 Å². The van der Waals surface area contributed by atoms with Gasteiger partial charge in [-0.15, -0.1) is 0 Å². The molecule has 0 aliphatic heterocycles. The Labute approximate surface area is 154 Å². The average Bonchev–Trinajstić information content (AvgIpc) is 2.65. The number of non-ortho nitro benzene ring substituents is 1. The molecule has 0 spiro atoms. The number of nitro benzene ring substituents is 1. The van der Waals surface area contributed by atoms with Crippen LogP contribution in [0.3, 0.4) is 0 Å². The van der Waals surface area contributed by atoms with E-state index in [1.807, 2.05) is 24.3 Å². The van der Waals surface area contributed by atoms with Crippen LogP contribution in [0.2, 0.25) is 0 Å². The van der Waals surface area contributed by atoms with Crippen LogP contribution in [0.5, 0.6) is 0 Å². The normalized spacial score (nSPS) is 10.1. The minimum atomic E-state index is -0.405. The van der Waals surface area contributed by atoms with Crippen LogP contribution in [-0.4, -0.2) is 28.4 Å². The van der Waals surface area contributed by atoms with Gasteiger partial charge in [0.1, 0.15) is 0 Å². The van der Waals surface area contributed by atoms with E-state index in [0.717, 1.165) is 49.8 Å². The molecule has 0 unspecified atom stereocenters. The molecule has 2 aromatic rings. The molecule has 0 aromatic heterocycles. The molecule has 0 aliphatic carbocycles. The maximum absolute atomic E-state index is 10.3. The second kappa shape index (κ2) is 12.9. The van der Waals surface area contributed by atoms with E-state index in [-0.39, 0.29) is 18.9 Å². The fourth-order valence-electron chi connectivity index (χ4n) is 2.35. The standard InChI is InChI=1S/C10H13NO3.C10H15NO/c12-8-2-1-3-9-4-6-10(7-5-9)11(13)14;11-10-6-4-9(5-7-10)3-1-2-8-12/h4-7,12H,1-3,8H2;4-7,12H,1-3,8,11H2. The molecule has 0 atom stereocenters. The number of nitro groups is 1. The van der Waals surface area contributed by atoms with Crippen molar-refractivity contribution in [1.29, 1.82) is 0 Å². The summed E-state index contributed by atoms with van der Waals surface area (Å²) in [4.78, 5) is 9.94. The molecule has 0 fully saturated rings. The number of rotatable bonds is 9. The van der Waals surface area contributed by atoms with Gasteiger partial charge in [-0.05, 0) is 61.8 Å². The molecule has 142 valence electrons. The molecule has 0 bridgehead atoms. The molecular formula is C20H28N2O4. The van der Waals surface area contributed by atoms with E-state index < -0.39 is 4.92 Å². The Morgan fingerprint density at radius 2 is 1.19 bits per heavy atom. The molecule has 2 aromatic carbocycles. The van der Waals surface area contributed by atoms with Crippen molar-refractivity contribution in [2.75, 3.05) is 18.9 Å². The molecule has 0 amide bonds. The summed E-state index contributed by atoms with van der Waals surface area (Å²) in [5.41, 5.74) is 8.83. The van der Waals surface area contributed by atoms with Crippen molar-refractivity contribution in [1.82, 2.24) is 0 Å². The number of unbranched alkanes of at least 4 members (excludes halogenated alkanes) is 2. The van der Waals surface area contributed by atoms with Gasteiger partial charge in [-0.1, -0.05) is 24.3 Å². The van der Waals surface area contributed by atoms with Crippen molar-refractivity contribution in [3.63, 3.8) is 0 Å². The smallest absolute Gasteiger partial charge is 0.269 e. The monoisotopic (exact) mass is 360 g/mol. The fourth-order valence-corrected chi connectivity index (χ4v) is 2.35. The molecule has 0 saturated carbocycles. The number of nitrogens with zero attached hydrogens (tertiary/aromatic N) is 1. The lowest BCUT2D eigenvalue weighted by Crippen LogP contribution is -1.90. The minimum absolute atomic E-state index is 0.121. The van der Waals surface area contributed by atoms with Gasteiger partial charge >= 0.3 is 0 Å². The van der Waals surface area contributed by atoms with Gasteiger partial charge in [0.15, 0.2) is 0 Å². The SMILES string of the molecule is Nc1ccc(CCCCO)cc1.O=[N+]([O-])c1ccc(CCCCO)cc1. The lowest BCUT2D eigenvalue weighted by Gasteiger charge is -2.00. The van der Waals surface area contributed by atoms with E-state index in [1.165, 1.54) is 17.7 Å². The summed E-state index contributed by atoms with van der Waals surface area (Å²) < 4.78 is 0. The number of anilines is 1. The average molecular weight is 360 g/mol. The zero-order valence-corrected chi connectivity index (χ0v) is 15.0. The molecule has 6 heteroatoms. The highest BCUT2D eigenvalue weighted by molar-refractivity contribution is 5.39. The van der Waals surface area contributed by atoms with Crippen molar-refractivity contribution in [3.05, 3.63) is 69.8 Å². The van der Waals surface area contributed by atoms with E-state index in [1.54, 1.807) is 12.1 Å². The molecule has 26 heavy (non-hydrogen) atoms. The summed E-state index contributed by atoms with van der Waals surface area (Å²) in [5, 5.41) is 27.5. The Morgan fingerprint density at radius 3 is 1.58 bits per heavy atom. The van der Waals surface area contributed by atoms with Gasteiger partial charge in [0, 0.05) is 31.0 Å². The number of aliphatic hydroxyl groups excluding tert-OH is 2. The van der Waals surface area contributed by atoms with Crippen LogP contribution in [-0.2, 0) is 12.8 Å². The lowest BCUT2D eigenvalue weighted by atomic mass is 10.1. The quantitative estimate of drug-likeness (QED) is 0.274. The van der Waals surface area contributed by atoms with Gasteiger partial charge in [0.2, 0.25) is 0 Å². The third-order valence-electron chi connectivity index (χ3n) is 3.87. The Bertz CT molecular complexity index is 627. The first-order valence-corrected chi connectivity index (χ1v) is 8.86. The number of aliphatic hydroxyl groups is 2.